The molecule has 1 aliphatic heterocycles. The summed E-state index contributed by atoms with van der Waals surface area (Å²) in [6.07, 6.45) is -2.35. The van der Waals surface area contributed by atoms with Gasteiger partial charge in [-0.15, -0.1) is 0 Å². The van der Waals surface area contributed by atoms with E-state index < -0.39 is 12.7 Å². The molecule has 1 heterocycles. The van der Waals surface area contributed by atoms with Crippen LogP contribution in [0.1, 0.15) is 19.8 Å². The summed E-state index contributed by atoms with van der Waals surface area (Å²) in [7, 11) is 0. The minimum Gasteiger partial charge on any atom is -0.465 e. The first-order valence-corrected chi connectivity index (χ1v) is 6.58. The van der Waals surface area contributed by atoms with E-state index in [1.165, 1.54) is 4.90 Å². The molecule has 0 atom stereocenters. The van der Waals surface area contributed by atoms with E-state index in [0.717, 1.165) is 12.8 Å². The van der Waals surface area contributed by atoms with Gasteiger partial charge in [0.2, 0.25) is 0 Å². The van der Waals surface area contributed by atoms with Gasteiger partial charge in [0, 0.05) is 26.2 Å². The number of nitrogens with zero attached hydrogens (tertiary/aromatic N) is 2. The molecule has 112 valence electrons. The highest BCUT2D eigenvalue weighted by atomic mass is 19.4. The van der Waals surface area contributed by atoms with Crippen molar-refractivity contribution in [2.45, 2.75) is 25.9 Å². The standard InChI is InChI=1S/C12H21F3N2O2/c1-2-3-8-19-11(18)9-16-4-6-17(7-5-16)10-12(13,14)15/h2-10H2,1H3. The maximum atomic E-state index is 12.2. The van der Waals surface area contributed by atoms with E-state index >= 15 is 0 Å². The van der Waals surface area contributed by atoms with Crippen LogP contribution >= 0.6 is 0 Å². The zero-order valence-corrected chi connectivity index (χ0v) is 11.2. The van der Waals surface area contributed by atoms with Gasteiger partial charge in [0.05, 0.1) is 19.7 Å². The Morgan fingerprint density at radius 1 is 1.16 bits per heavy atom. The number of unbranched alkanes of at least 4 members (excludes halogenated alkanes) is 1. The third-order valence-corrected chi connectivity index (χ3v) is 2.98. The van der Waals surface area contributed by atoms with Gasteiger partial charge >= 0.3 is 12.1 Å². The second-order valence-corrected chi connectivity index (χ2v) is 4.74. The lowest BCUT2D eigenvalue weighted by Crippen LogP contribution is -2.50. The predicted molar refractivity (Wildman–Crippen MR) is 64.8 cm³/mol. The molecule has 0 radical (unpaired) electrons. The molecule has 4 nitrogen and oxygen atoms in total. The second-order valence-electron chi connectivity index (χ2n) is 4.74. The molecule has 0 spiro atoms. The van der Waals surface area contributed by atoms with Crippen LogP contribution in [0.2, 0.25) is 0 Å². The maximum absolute atomic E-state index is 12.2. The van der Waals surface area contributed by atoms with Gasteiger partial charge in [-0.1, -0.05) is 13.3 Å². The van der Waals surface area contributed by atoms with Crippen LogP contribution < -0.4 is 0 Å². The van der Waals surface area contributed by atoms with Gasteiger partial charge in [0.15, 0.2) is 0 Å². The van der Waals surface area contributed by atoms with E-state index in [4.69, 9.17) is 4.74 Å². The molecule has 0 aromatic carbocycles. The lowest BCUT2D eigenvalue weighted by atomic mass is 10.3. The number of hydrogen-bond donors (Lipinski definition) is 0. The lowest BCUT2D eigenvalue weighted by Gasteiger charge is -2.34. The molecule has 0 aliphatic carbocycles. The third kappa shape index (κ3) is 7.37. The minimum absolute atomic E-state index is 0.170. The Labute approximate surface area is 111 Å². The minimum atomic E-state index is -4.15. The molecule has 0 amide bonds. The van der Waals surface area contributed by atoms with Gasteiger partial charge in [-0.25, -0.2) is 0 Å². The number of alkyl halides is 3. The van der Waals surface area contributed by atoms with Crippen molar-refractivity contribution < 1.29 is 22.7 Å². The summed E-state index contributed by atoms with van der Waals surface area (Å²) >= 11 is 0. The molecular weight excluding hydrogens is 261 g/mol. The lowest BCUT2D eigenvalue weighted by molar-refractivity contribution is -0.153. The molecule has 0 aromatic rings. The first-order valence-electron chi connectivity index (χ1n) is 6.58. The zero-order chi connectivity index (χ0) is 14.3. The van der Waals surface area contributed by atoms with Crippen molar-refractivity contribution in [2.75, 3.05) is 45.9 Å². The third-order valence-electron chi connectivity index (χ3n) is 2.98. The van der Waals surface area contributed by atoms with Crippen LogP contribution in [-0.4, -0.2) is 67.8 Å². The van der Waals surface area contributed by atoms with Crippen LogP contribution in [0.4, 0.5) is 13.2 Å². The van der Waals surface area contributed by atoms with E-state index in [9.17, 15) is 18.0 Å². The summed E-state index contributed by atoms with van der Waals surface area (Å²) in [4.78, 5) is 14.6. The summed E-state index contributed by atoms with van der Waals surface area (Å²) in [5, 5.41) is 0. The average molecular weight is 282 g/mol. The highest BCUT2D eigenvalue weighted by Gasteiger charge is 2.32. The molecule has 0 N–H and O–H groups in total. The van der Waals surface area contributed by atoms with E-state index in [2.05, 4.69) is 0 Å². The second kappa shape index (κ2) is 7.69. The molecule has 1 rings (SSSR count). The van der Waals surface area contributed by atoms with E-state index in [-0.39, 0.29) is 12.5 Å². The Morgan fingerprint density at radius 3 is 2.26 bits per heavy atom. The van der Waals surface area contributed by atoms with Crippen molar-refractivity contribution in [3.8, 4) is 0 Å². The number of carbonyl (C=O) groups is 1. The van der Waals surface area contributed by atoms with E-state index in [0.29, 0.717) is 32.8 Å². The van der Waals surface area contributed by atoms with Crippen LogP contribution in [0.15, 0.2) is 0 Å². The summed E-state index contributed by atoms with van der Waals surface area (Å²) in [6.45, 7) is 3.34. The fraction of sp³-hybridized carbons (Fsp3) is 0.917. The van der Waals surface area contributed by atoms with Gasteiger partial charge in [0.25, 0.3) is 0 Å². The Kier molecular flexibility index (Phi) is 6.57. The summed E-state index contributed by atoms with van der Waals surface area (Å²) < 4.78 is 41.6. The molecule has 1 saturated heterocycles. The molecule has 0 bridgehead atoms. The molecular formula is C12H21F3N2O2. The molecule has 0 unspecified atom stereocenters. The number of esters is 1. The molecule has 0 saturated carbocycles. The van der Waals surface area contributed by atoms with Gasteiger partial charge in [-0.05, 0) is 6.42 Å². The van der Waals surface area contributed by atoms with Crippen molar-refractivity contribution >= 4 is 5.97 Å². The van der Waals surface area contributed by atoms with Crippen LogP contribution in [0, 0.1) is 0 Å². The van der Waals surface area contributed by atoms with Crippen molar-refractivity contribution in [3.05, 3.63) is 0 Å². The largest absolute Gasteiger partial charge is 0.465 e. The van der Waals surface area contributed by atoms with Gasteiger partial charge in [-0.3, -0.25) is 14.6 Å². The average Bonchev–Trinajstić information content (AvgIpc) is 2.30. The van der Waals surface area contributed by atoms with Crippen molar-refractivity contribution in [1.82, 2.24) is 9.80 Å². The Hall–Kier alpha value is -0.820. The smallest absolute Gasteiger partial charge is 0.401 e. The van der Waals surface area contributed by atoms with Gasteiger partial charge in [-0.2, -0.15) is 13.2 Å². The number of carbonyl (C=O) groups excluding carboxylic acids is 1. The number of piperazine rings is 1. The van der Waals surface area contributed by atoms with Gasteiger partial charge in [0.1, 0.15) is 0 Å². The monoisotopic (exact) mass is 282 g/mol. The summed E-state index contributed by atoms with van der Waals surface area (Å²) in [6, 6.07) is 0. The van der Waals surface area contributed by atoms with Crippen molar-refractivity contribution in [2.24, 2.45) is 0 Å². The predicted octanol–water partition coefficient (Wildman–Crippen LogP) is 1.51. The molecule has 19 heavy (non-hydrogen) atoms. The Morgan fingerprint density at radius 2 is 1.74 bits per heavy atom. The first kappa shape index (κ1) is 16.2. The van der Waals surface area contributed by atoms with E-state index in [1.807, 2.05) is 11.8 Å². The summed E-state index contributed by atoms with van der Waals surface area (Å²) in [5.74, 6) is -0.294. The van der Waals surface area contributed by atoms with E-state index in [1.54, 1.807) is 0 Å². The highest BCUT2D eigenvalue weighted by Crippen LogP contribution is 2.17. The Bertz CT molecular complexity index is 277. The number of halogens is 3. The van der Waals surface area contributed by atoms with Crippen LogP contribution in [0.5, 0.6) is 0 Å². The topological polar surface area (TPSA) is 32.8 Å². The number of rotatable bonds is 6. The molecule has 7 heteroatoms. The van der Waals surface area contributed by atoms with Crippen molar-refractivity contribution in [3.63, 3.8) is 0 Å². The van der Waals surface area contributed by atoms with Crippen molar-refractivity contribution in [1.29, 1.82) is 0 Å². The maximum Gasteiger partial charge on any atom is 0.401 e. The normalized spacial score (nSPS) is 18.5. The Balaban J connectivity index is 2.17. The number of ether oxygens (including phenoxy) is 1. The van der Waals surface area contributed by atoms with Crippen LogP contribution in [0.3, 0.4) is 0 Å². The quantitative estimate of drug-likeness (QED) is 0.546. The first-order chi connectivity index (χ1) is 8.90. The molecule has 1 fully saturated rings. The van der Waals surface area contributed by atoms with Crippen LogP contribution in [0.25, 0.3) is 0 Å². The summed E-state index contributed by atoms with van der Waals surface area (Å²) in [5.41, 5.74) is 0. The highest BCUT2D eigenvalue weighted by molar-refractivity contribution is 5.71. The molecule has 1 aliphatic rings. The van der Waals surface area contributed by atoms with Gasteiger partial charge < -0.3 is 4.74 Å². The fourth-order valence-corrected chi connectivity index (χ4v) is 1.92. The number of hydrogen-bond acceptors (Lipinski definition) is 4. The SMILES string of the molecule is CCCCOC(=O)CN1CCN(CC(F)(F)F)CC1. The molecule has 0 aromatic heterocycles. The fourth-order valence-electron chi connectivity index (χ4n) is 1.92. The van der Waals surface area contributed by atoms with Crippen LogP contribution in [-0.2, 0) is 9.53 Å². The zero-order valence-electron chi connectivity index (χ0n) is 11.2.